The Morgan fingerprint density at radius 2 is 1.65 bits per heavy atom. The van der Waals surface area contributed by atoms with Gasteiger partial charge in [0, 0.05) is 6.54 Å². The molecule has 2 rings (SSSR count). The first-order chi connectivity index (χ1) is 11.2. The van der Waals surface area contributed by atoms with Gasteiger partial charge in [0.15, 0.2) is 6.61 Å². The van der Waals surface area contributed by atoms with E-state index in [2.05, 4.69) is 11.9 Å². The molecular formula is C18H17NO4. The molecule has 0 aliphatic rings. The zero-order valence-electron chi connectivity index (χ0n) is 12.5. The van der Waals surface area contributed by atoms with Crippen molar-refractivity contribution in [2.45, 2.75) is 0 Å². The van der Waals surface area contributed by atoms with E-state index < -0.39 is 5.97 Å². The van der Waals surface area contributed by atoms with Gasteiger partial charge in [-0.2, -0.15) is 0 Å². The second-order valence-electron chi connectivity index (χ2n) is 4.61. The van der Waals surface area contributed by atoms with Crippen molar-refractivity contribution in [2.24, 2.45) is 0 Å². The first-order valence-corrected chi connectivity index (χ1v) is 7.06. The number of ether oxygens (including phenoxy) is 2. The van der Waals surface area contributed by atoms with Crippen molar-refractivity contribution in [3.05, 3.63) is 72.8 Å². The van der Waals surface area contributed by atoms with Gasteiger partial charge in [-0.1, -0.05) is 24.3 Å². The highest BCUT2D eigenvalue weighted by molar-refractivity contribution is 5.91. The second-order valence-corrected chi connectivity index (χ2v) is 4.61. The fraction of sp³-hybridized carbons (Fsp3) is 0.111. The van der Waals surface area contributed by atoms with Crippen LogP contribution in [-0.2, 0) is 9.53 Å². The number of amides is 1. The van der Waals surface area contributed by atoms with Crippen LogP contribution in [0.3, 0.4) is 0 Å². The quantitative estimate of drug-likeness (QED) is 0.631. The molecule has 0 bridgehead atoms. The Bertz CT molecular complexity index is 665. The summed E-state index contributed by atoms with van der Waals surface area (Å²) < 4.78 is 10.5. The van der Waals surface area contributed by atoms with E-state index in [1.54, 1.807) is 30.3 Å². The SMILES string of the molecule is C=CCNC(=O)COC(=O)c1ccc(Oc2ccccc2)cc1. The highest BCUT2D eigenvalue weighted by Gasteiger charge is 2.10. The zero-order valence-corrected chi connectivity index (χ0v) is 12.5. The minimum absolute atomic E-state index is 0.324. The first kappa shape index (κ1) is 16.3. The molecule has 5 heteroatoms. The van der Waals surface area contributed by atoms with Crippen molar-refractivity contribution in [1.29, 1.82) is 0 Å². The van der Waals surface area contributed by atoms with Crippen LogP contribution in [0, 0.1) is 0 Å². The molecule has 0 saturated heterocycles. The third-order valence-electron chi connectivity index (χ3n) is 2.85. The summed E-state index contributed by atoms with van der Waals surface area (Å²) >= 11 is 0. The molecule has 0 radical (unpaired) electrons. The summed E-state index contributed by atoms with van der Waals surface area (Å²) in [6.45, 7) is 3.49. The Morgan fingerprint density at radius 1 is 1.00 bits per heavy atom. The molecule has 0 atom stereocenters. The molecule has 0 fully saturated rings. The van der Waals surface area contributed by atoms with Crippen molar-refractivity contribution in [3.63, 3.8) is 0 Å². The minimum atomic E-state index is -0.565. The van der Waals surface area contributed by atoms with Gasteiger partial charge in [-0.25, -0.2) is 4.79 Å². The Labute approximate surface area is 134 Å². The van der Waals surface area contributed by atoms with Gasteiger partial charge in [0.05, 0.1) is 5.56 Å². The standard InChI is InChI=1S/C18H17NO4/c1-2-12-19-17(20)13-22-18(21)14-8-10-16(11-9-14)23-15-6-4-3-5-7-15/h2-11H,1,12-13H2,(H,19,20). The summed E-state index contributed by atoms with van der Waals surface area (Å²) in [5, 5.41) is 2.52. The zero-order chi connectivity index (χ0) is 16.5. The van der Waals surface area contributed by atoms with E-state index in [0.717, 1.165) is 0 Å². The number of benzene rings is 2. The normalized spacial score (nSPS) is 9.74. The summed E-state index contributed by atoms with van der Waals surface area (Å²) in [6.07, 6.45) is 1.55. The lowest BCUT2D eigenvalue weighted by Gasteiger charge is -2.07. The molecule has 5 nitrogen and oxygen atoms in total. The Morgan fingerprint density at radius 3 is 2.30 bits per heavy atom. The molecule has 0 aliphatic carbocycles. The number of esters is 1. The predicted molar refractivity (Wildman–Crippen MR) is 86.4 cm³/mol. The number of nitrogens with one attached hydrogen (secondary N) is 1. The maximum absolute atomic E-state index is 11.8. The van der Waals surface area contributed by atoms with Crippen LogP contribution in [0.4, 0.5) is 0 Å². The average molecular weight is 311 g/mol. The molecule has 2 aromatic carbocycles. The van der Waals surface area contributed by atoms with Crippen LogP contribution < -0.4 is 10.1 Å². The number of hydrogen-bond acceptors (Lipinski definition) is 4. The molecular weight excluding hydrogens is 294 g/mol. The monoisotopic (exact) mass is 311 g/mol. The fourth-order valence-corrected chi connectivity index (χ4v) is 1.74. The number of para-hydroxylation sites is 1. The molecule has 1 amide bonds. The Balaban J connectivity index is 1.87. The van der Waals surface area contributed by atoms with Crippen LogP contribution in [-0.4, -0.2) is 25.0 Å². The molecule has 2 aromatic rings. The topological polar surface area (TPSA) is 64.6 Å². The number of carbonyl (C=O) groups excluding carboxylic acids is 2. The van der Waals surface area contributed by atoms with E-state index in [1.807, 2.05) is 30.3 Å². The third-order valence-corrected chi connectivity index (χ3v) is 2.85. The molecule has 1 N–H and O–H groups in total. The van der Waals surface area contributed by atoms with Crippen LogP contribution in [0.1, 0.15) is 10.4 Å². The highest BCUT2D eigenvalue weighted by Crippen LogP contribution is 2.21. The van der Waals surface area contributed by atoms with Gasteiger partial charge in [-0.05, 0) is 36.4 Å². The van der Waals surface area contributed by atoms with Crippen molar-refractivity contribution in [2.75, 3.05) is 13.2 Å². The number of rotatable bonds is 7. The van der Waals surface area contributed by atoms with Gasteiger partial charge < -0.3 is 14.8 Å². The summed E-state index contributed by atoms with van der Waals surface area (Å²) in [7, 11) is 0. The molecule has 0 saturated carbocycles. The van der Waals surface area contributed by atoms with Crippen LogP contribution in [0.25, 0.3) is 0 Å². The molecule has 23 heavy (non-hydrogen) atoms. The minimum Gasteiger partial charge on any atom is -0.457 e. The predicted octanol–water partition coefficient (Wildman–Crippen LogP) is 2.94. The van der Waals surface area contributed by atoms with E-state index in [0.29, 0.717) is 23.6 Å². The largest absolute Gasteiger partial charge is 0.457 e. The lowest BCUT2D eigenvalue weighted by Crippen LogP contribution is -2.28. The number of hydrogen-bond donors (Lipinski definition) is 1. The first-order valence-electron chi connectivity index (χ1n) is 7.06. The summed E-state index contributed by atoms with van der Waals surface area (Å²) in [5.41, 5.74) is 0.349. The van der Waals surface area contributed by atoms with Crippen LogP contribution in [0.15, 0.2) is 67.3 Å². The maximum atomic E-state index is 11.8. The number of carbonyl (C=O) groups is 2. The van der Waals surface area contributed by atoms with Crippen LogP contribution in [0.5, 0.6) is 11.5 Å². The van der Waals surface area contributed by atoms with Crippen LogP contribution >= 0.6 is 0 Å². The van der Waals surface area contributed by atoms with Gasteiger partial charge in [0.1, 0.15) is 11.5 Å². The van der Waals surface area contributed by atoms with Gasteiger partial charge in [-0.15, -0.1) is 6.58 Å². The highest BCUT2D eigenvalue weighted by atomic mass is 16.5. The van der Waals surface area contributed by atoms with E-state index in [9.17, 15) is 9.59 Å². The van der Waals surface area contributed by atoms with Crippen molar-refractivity contribution < 1.29 is 19.1 Å². The van der Waals surface area contributed by atoms with E-state index in [4.69, 9.17) is 9.47 Å². The van der Waals surface area contributed by atoms with E-state index in [-0.39, 0.29) is 12.5 Å². The fourth-order valence-electron chi connectivity index (χ4n) is 1.74. The molecule has 0 unspecified atom stereocenters. The molecule has 0 aliphatic heterocycles. The molecule has 0 aromatic heterocycles. The van der Waals surface area contributed by atoms with Crippen LogP contribution in [0.2, 0.25) is 0 Å². The lowest BCUT2D eigenvalue weighted by atomic mass is 10.2. The second kappa shape index (κ2) is 8.38. The van der Waals surface area contributed by atoms with Gasteiger partial charge in [0.25, 0.3) is 5.91 Å². The van der Waals surface area contributed by atoms with E-state index in [1.165, 1.54) is 0 Å². The molecule has 0 spiro atoms. The summed E-state index contributed by atoms with van der Waals surface area (Å²) in [5.74, 6) is 0.380. The van der Waals surface area contributed by atoms with Gasteiger partial charge in [-0.3, -0.25) is 4.79 Å². The Kier molecular flexibility index (Phi) is 5.94. The van der Waals surface area contributed by atoms with Gasteiger partial charge in [0.2, 0.25) is 0 Å². The molecule has 0 heterocycles. The van der Waals surface area contributed by atoms with E-state index >= 15 is 0 Å². The third kappa shape index (κ3) is 5.32. The lowest BCUT2D eigenvalue weighted by molar-refractivity contribution is -0.124. The Hall–Kier alpha value is -3.08. The van der Waals surface area contributed by atoms with Crippen molar-refractivity contribution in [1.82, 2.24) is 5.32 Å². The summed E-state index contributed by atoms with van der Waals surface area (Å²) in [6, 6.07) is 15.8. The van der Waals surface area contributed by atoms with Gasteiger partial charge >= 0.3 is 5.97 Å². The van der Waals surface area contributed by atoms with Crippen molar-refractivity contribution in [3.8, 4) is 11.5 Å². The smallest absolute Gasteiger partial charge is 0.338 e. The molecule has 118 valence electrons. The summed E-state index contributed by atoms with van der Waals surface area (Å²) in [4.78, 5) is 23.2. The van der Waals surface area contributed by atoms with Crippen molar-refractivity contribution >= 4 is 11.9 Å². The maximum Gasteiger partial charge on any atom is 0.338 e. The average Bonchev–Trinajstić information content (AvgIpc) is 2.59.